The summed E-state index contributed by atoms with van der Waals surface area (Å²) < 4.78 is 60.6. The highest BCUT2D eigenvalue weighted by Gasteiger charge is 2.45. The third-order valence-corrected chi connectivity index (χ3v) is 15.5. The zero-order chi connectivity index (χ0) is 55.1. The van der Waals surface area contributed by atoms with Gasteiger partial charge in [0.15, 0.2) is 15.7 Å². The zero-order valence-corrected chi connectivity index (χ0v) is 45.8. The van der Waals surface area contributed by atoms with Gasteiger partial charge in [0.2, 0.25) is 23.7 Å². The number of fused-ring (bicyclic) bond motifs is 1. The van der Waals surface area contributed by atoms with Crippen LogP contribution >= 0.6 is 11.6 Å². The second-order valence-corrected chi connectivity index (χ2v) is 22.1. The average molecular weight is 1110 g/mol. The van der Waals surface area contributed by atoms with E-state index >= 15 is 0 Å². The first-order valence-corrected chi connectivity index (χ1v) is 27.9. The fraction of sp³-hybridized carbons (Fsp3) is 0.500. The predicted molar refractivity (Wildman–Crippen MR) is 288 cm³/mol. The van der Waals surface area contributed by atoms with Crippen LogP contribution in [0.4, 0.5) is 28.8 Å². The predicted octanol–water partition coefficient (Wildman–Crippen LogP) is 6.59. The average Bonchev–Trinajstić information content (AvgIpc) is 3.69. The highest BCUT2D eigenvalue weighted by atomic mass is 35.5. The Morgan fingerprint density at radius 2 is 1.42 bits per heavy atom. The molecule has 0 spiro atoms. The van der Waals surface area contributed by atoms with E-state index in [0.717, 1.165) is 28.9 Å². The van der Waals surface area contributed by atoms with Gasteiger partial charge in [0.05, 0.1) is 117 Å². The van der Waals surface area contributed by atoms with Gasteiger partial charge in [-0.2, -0.15) is 4.98 Å². The van der Waals surface area contributed by atoms with E-state index in [1.54, 1.807) is 56.3 Å². The number of imide groups is 2. The lowest BCUT2D eigenvalue weighted by Gasteiger charge is -2.33. The zero-order valence-electron chi connectivity index (χ0n) is 44.2. The van der Waals surface area contributed by atoms with Gasteiger partial charge in [-0.1, -0.05) is 29.8 Å². The number of hydrogen-bond acceptors (Lipinski definition) is 18. The van der Waals surface area contributed by atoms with Crippen LogP contribution in [0.1, 0.15) is 97.6 Å². The smallest absolute Gasteiger partial charge is 0.264 e. The molecule has 416 valence electrons. The molecule has 1 aromatic heterocycles. The van der Waals surface area contributed by atoms with Crippen LogP contribution in [0.3, 0.4) is 0 Å². The molecule has 21 nitrogen and oxygen atoms in total. The molecule has 7 rings (SSSR count). The van der Waals surface area contributed by atoms with Crippen LogP contribution in [0.2, 0.25) is 5.02 Å². The number of hydrogen-bond donors (Lipinski definition) is 4. The molecular formula is C54H69ClN8O13S. The Hall–Kier alpha value is -6.27. The van der Waals surface area contributed by atoms with Crippen molar-refractivity contribution < 1.29 is 60.8 Å². The SMILES string of the molecule is Cc1cc(Nc2ncc(Cl)c(Nc3ccccc3S(=O)(=O)C(C)C)n2)c(OC(C)C)cc1C1CCN(C(=O)CCOCCOCCOCCOCCOCCNc2cccc3c2C(=O)N(C2CCC(=O)NC2=O)C3=O)CC1. The number of likely N-dealkylation sites (tertiary alicyclic amines) is 1. The van der Waals surface area contributed by atoms with Crippen molar-refractivity contribution in [3.8, 4) is 5.75 Å². The van der Waals surface area contributed by atoms with E-state index < -0.39 is 44.8 Å². The molecule has 3 aliphatic heterocycles. The van der Waals surface area contributed by atoms with Crippen LogP contribution in [-0.4, -0.2) is 161 Å². The number of aromatic nitrogens is 2. The first-order valence-electron chi connectivity index (χ1n) is 26.0. The van der Waals surface area contributed by atoms with Crippen LogP contribution in [0, 0.1) is 6.92 Å². The number of halogens is 1. The van der Waals surface area contributed by atoms with Crippen molar-refractivity contribution in [1.82, 2.24) is 25.1 Å². The Morgan fingerprint density at radius 1 is 0.779 bits per heavy atom. The summed E-state index contributed by atoms with van der Waals surface area (Å²) in [6.45, 7) is 14.4. The molecule has 1 unspecified atom stereocenters. The van der Waals surface area contributed by atoms with Crippen LogP contribution in [0.25, 0.3) is 0 Å². The van der Waals surface area contributed by atoms with Gasteiger partial charge in [0.25, 0.3) is 11.8 Å². The van der Waals surface area contributed by atoms with E-state index in [1.807, 2.05) is 31.7 Å². The van der Waals surface area contributed by atoms with Gasteiger partial charge in [0.1, 0.15) is 16.8 Å². The van der Waals surface area contributed by atoms with Crippen molar-refractivity contribution in [2.75, 3.05) is 102 Å². The third kappa shape index (κ3) is 15.5. The summed E-state index contributed by atoms with van der Waals surface area (Å²) in [7, 11) is -3.60. The number of nitrogens with zero attached hydrogens (tertiary/aromatic N) is 4. The fourth-order valence-corrected chi connectivity index (χ4v) is 10.4. The largest absolute Gasteiger partial charge is 0.489 e. The summed E-state index contributed by atoms with van der Waals surface area (Å²) in [4.78, 5) is 75.3. The fourth-order valence-electron chi connectivity index (χ4n) is 9.09. The van der Waals surface area contributed by atoms with Gasteiger partial charge >= 0.3 is 0 Å². The van der Waals surface area contributed by atoms with Crippen molar-refractivity contribution in [2.45, 2.75) is 94.9 Å². The Morgan fingerprint density at radius 3 is 2.06 bits per heavy atom. The van der Waals surface area contributed by atoms with Crippen molar-refractivity contribution in [1.29, 1.82) is 0 Å². The molecule has 0 bridgehead atoms. The number of aryl methyl sites for hydroxylation is 1. The molecular weight excluding hydrogens is 1040 g/mol. The standard InChI is InChI=1S/C54H69ClN8O13S/c1-34(2)76-45-32-39(36(5)31-43(45)59-54-57-33-40(55)50(61-54)58-41-10-6-7-12-46(41)77(69,70)35(3)4)37-15-19-62(20-16-37)48(65)17-21-71-23-25-73-27-29-75-30-28-74-26-24-72-22-18-56-42-11-8-9-38-49(42)53(68)63(52(38)67)44-13-14-47(64)60-51(44)66/h6-12,31-35,37,44,56H,13-30H2,1-5H3,(H,60,64,66)(H2,57,58,59,61). The summed E-state index contributed by atoms with van der Waals surface area (Å²) in [5.41, 5.74) is 4.07. The number of carbonyl (C=O) groups excluding carboxylic acids is 5. The number of benzene rings is 3. The number of rotatable bonds is 29. The molecule has 4 aromatic rings. The number of amides is 5. The van der Waals surface area contributed by atoms with Crippen LogP contribution in [-0.2, 0) is 47.9 Å². The minimum absolute atomic E-state index is 0.0514. The maximum Gasteiger partial charge on any atom is 0.264 e. The van der Waals surface area contributed by atoms with Gasteiger partial charge in [-0.05, 0) is 107 Å². The normalized spacial score (nSPS) is 16.1. The number of para-hydroxylation sites is 1. The number of ether oxygens (including phenoxy) is 6. The summed E-state index contributed by atoms with van der Waals surface area (Å²) >= 11 is 6.51. The molecule has 4 heterocycles. The summed E-state index contributed by atoms with van der Waals surface area (Å²) in [6, 6.07) is 14.6. The van der Waals surface area contributed by atoms with Crippen LogP contribution < -0.4 is 26.0 Å². The van der Waals surface area contributed by atoms with E-state index in [4.69, 9.17) is 40.0 Å². The molecule has 77 heavy (non-hydrogen) atoms. The molecule has 1 atom stereocenters. The second-order valence-electron chi connectivity index (χ2n) is 19.2. The Bertz CT molecular complexity index is 2850. The molecule has 2 fully saturated rings. The maximum absolute atomic E-state index is 13.2. The van der Waals surface area contributed by atoms with Gasteiger partial charge in [-0.25, -0.2) is 13.4 Å². The maximum atomic E-state index is 13.2. The first-order chi connectivity index (χ1) is 37.0. The van der Waals surface area contributed by atoms with Gasteiger partial charge in [-0.3, -0.25) is 34.2 Å². The number of carbonyl (C=O) groups is 5. The number of piperidine rings is 2. The second kappa shape index (κ2) is 27.9. The molecule has 4 N–H and O–H groups in total. The molecule has 2 saturated heterocycles. The summed E-state index contributed by atoms with van der Waals surface area (Å²) in [6.07, 6.45) is 3.34. The lowest BCUT2D eigenvalue weighted by atomic mass is 9.86. The molecule has 5 amide bonds. The van der Waals surface area contributed by atoms with Gasteiger partial charge in [-0.15, -0.1) is 0 Å². The lowest BCUT2D eigenvalue weighted by molar-refractivity contribution is -0.136. The quantitative estimate of drug-likeness (QED) is 0.0330. The van der Waals surface area contributed by atoms with Crippen LogP contribution in [0.5, 0.6) is 5.75 Å². The molecule has 3 aromatic carbocycles. The summed E-state index contributed by atoms with van der Waals surface area (Å²) in [5.74, 6) is -0.842. The monoisotopic (exact) mass is 1100 g/mol. The molecule has 0 saturated carbocycles. The lowest BCUT2D eigenvalue weighted by Crippen LogP contribution is -2.54. The minimum atomic E-state index is -3.60. The third-order valence-electron chi connectivity index (χ3n) is 13.1. The van der Waals surface area contributed by atoms with E-state index in [9.17, 15) is 32.4 Å². The molecule has 3 aliphatic rings. The van der Waals surface area contributed by atoms with E-state index in [0.29, 0.717) is 109 Å². The van der Waals surface area contributed by atoms with E-state index in [1.165, 1.54) is 6.20 Å². The molecule has 23 heteroatoms. The van der Waals surface area contributed by atoms with Crippen LogP contribution in [0.15, 0.2) is 65.7 Å². The molecule has 0 radical (unpaired) electrons. The summed E-state index contributed by atoms with van der Waals surface area (Å²) in [5, 5.41) is 11.3. The van der Waals surface area contributed by atoms with E-state index in [2.05, 4.69) is 37.3 Å². The van der Waals surface area contributed by atoms with Crippen molar-refractivity contribution in [2.24, 2.45) is 0 Å². The first kappa shape index (κ1) is 58.4. The van der Waals surface area contributed by atoms with Crippen molar-refractivity contribution >= 4 is 79.8 Å². The molecule has 0 aliphatic carbocycles. The van der Waals surface area contributed by atoms with Crippen molar-refractivity contribution in [3.63, 3.8) is 0 Å². The number of sulfone groups is 1. The van der Waals surface area contributed by atoms with Gasteiger partial charge < -0.3 is 49.3 Å². The highest BCUT2D eigenvalue weighted by Crippen LogP contribution is 2.39. The Balaban J connectivity index is 0.724. The Labute approximate surface area is 454 Å². The number of anilines is 5. The minimum Gasteiger partial charge on any atom is -0.489 e. The van der Waals surface area contributed by atoms with E-state index in [-0.39, 0.29) is 70.0 Å². The Kier molecular flexibility index (Phi) is 21.1. The van der Waals surface area contributed by atoms with Gasteiger partial charge in [0, 0.05) is 31.7 Å². The number of nitrogens with one attached hydrogen (secondary N) is 4. The highest BCUT2D eigenvalue weighted by molar-refractivity contribution is 7.92. The topological polar surface area (TPSA) is 255 Å². The van der Waals surface area contributed by atoms with Crippen molar-refractivity contribution in [3.05, 3.63) is 88.1 Å².